The van der Waals surface area contributed by atoms with Gasteiger partial charge in [-0.25, -0.2) is 0 Å². The molecule has 0 bridgehead atoms. The molecule has 7 aromatic carbocycles. The van der Waals surface area contributed by atoms with E-state index in [1.165, 1.54) is 100 Å². The number of hydrogen-bond donors (Lipinski definition) is 0. The van der Waals surface area contributed by atoms with E-state index in [2.05, 4.69) is 219 Å². The fourth-order valence-electron chi connectivity index (χ4n) is 10.3. The van der Waals surface area contributed by atoms with Crippen LogP contribution in [0, 0.1) is 0 Å². The molecule has 0 saturated carbocycles. The zero-order valence-corrected chi connectivity index (χ0v) is 36.2. The van der Waals surface area contributed by atoms with Crippen molar-refractivity contribution in [2.75, 3.05) is 9.71 Å². The van der Waals surface area contributed by atoms with Crippen LogP contribution in [0.3, 0.4) is 0 Å². The first-order valence-corrected chi connectivity index (χ1v) is 21.2. The number of anilines is 5. The van der Waals surface area contributed by atoms with Gasteiger partial charge in [0.1, 0.15) is 0 Å². The van der Waals surface area contributed by atoms with Crippen LogP contribution < -0.4 is 20.6 Å². The topological polar surface area (TPSA) is 6.48 Å². The minimum Gasteiger partial charge on any atom is -0.376 e. The summed E-state index contributed by atoms with van der Waals surface area (Å²) in [6.07, 6.45) is 0. The first kappa shape index (κ1) is 36.8. The second-order valence-corrected chi connectivity index (χ2v) is 20.7. The monoisotopic (exact) mass is 754 g/mol. The molecular weight excluding hydrogens is 699 g/mol. The predicted molar refractivity (Wildman–Crippen MR) is 251 cm³/mol. The van der Waals surface area contributed by atoms with Gasteiger partial charge < -0.3 is 9.71 Å². The summed E-state index contributed by atoms with van der Waals surface area (Å²) < 4.78 is 0. The van der Waals surface area contributed by atoms with Crippen LogP contribution in [0.2, 0.25) is 0 Å². The summed E-state index contributed by atoms with van der Waals surface area (Å²) in [4.78, 5) is 5.34. The predicted octanol–water partition coefficient (Wildman–Crippen LogP) is 13.7. The Hall–Kier alpha value is -5.54. The number of hydrogen-bond acceptors (Lipinski definition) is 2. The van der Waals surface area contributed by atoms with Gasteiger partial charge in [0.15, 0.2) is 0 Å². The van der Waals surface area contributed by atoms with E-state index in [4.69, 9.17) is 0 Å². The third-order valence-electron chi connectivity index (χ3n) is 13.5. The Labute approximate surface area is 346 Å². The second kappa shape index (κ2) is 12.2. The van der Waals surface area contributed by atoms with Crippen LogP contribution in [0.1, 0.15) is 104 Å². The van der Waals surface area contributed by atoms with Crippen molar-refractivity contribution in [3.05, 3.63) is 161 Å². The molecule has 0 N–H and O–H groups in total. The highest BCUT2D eigenvalue weighted by Crippen LogP contribution is 2.58. The summed E-state index contributed by atoms with van der Waals surface area (Å²) in [5.41, 5.74) is 21.0. The minimum absolute atomic E-state index is 0.0304. The van der Waals surface area contributed by atoms with E-state index in [1.807, 2.05) is 0 Å². The molecule has 7 aromatic rings. The summed E-state index contributed by atoms with van der Waals surface area (Å²) in [6.45, 7) is 25.7. The van der Waals surface area contributed by atoms with Gasteiger partial charge in [0.2, 0.25) is 0 Å². The second-order valence-electron chi connectivity index (χ2n) is 20.7. The molecule has 2 heterocycles. The molecule has 0 amide bonds. The van der Waals surface area contributed by atoms with Gasteiger partial charge in [0, 0.05) is 39.1 Å². The number of nitrogens with zero attached hydrogens (tertiary/aromatic N) is 2. The van der Waals surface area contributed by atoms with Gasteiger partial charge in [-0.15, -0.1) is 0 Å². The minimum atomic E-state index is -0.205. The molecule has 0 unspecified atom stereocenters. The molecule has 0 fully saturated rings. The Kier molecular flexibility index (Phi) is 7.76. The molecule has 0 saturated heterocycles. The van der Waals surface area contributed by atoms with Crippen LogP contribution in [0.25, 0.3) is 33.0 Å². The van der Waals surface area contributed by atoms with Gasteiger partial charge in [-0.1, -0.05) is 173 Å². The molecule has 0 atom stereocenters. The van der Waals surface area contributed by atoms with Gasteiger partial charge in [-0.2, -0.15) is 0 Å². The molecule has 0 radical (unpaired) electrons. The van der Waals surface area contributed by atoms with E-state index >= 15 is 0 Å². The van der Waals surface area contributed by atoms with E-state index in [-0.39, 0.29) is 28.5 Å². The van der Waals surface area contributed by atoms with Crippen molar-refractivity contribution in [1.82, 2.24) is 0 Å². The normalized spacial score (nSPS) is 15.2. The Morgan fingerprint density at radius 1 is 0.483 bits per heavy atom. The maximum Gasteiger partial charge on any atom is 0.333 e. The highest BCUT2D eigenvalue weighted by molar-refractivity contribution is 6.94. The molecule has 288 valence electrons. The van der Waals surface area contributed by atoms with E-state index in [1.54, 1.807) is 0 Å². The summed E-state index contributed by atoms with van der Waals surface area (Å²) in [5.74, 6) is 0. The Balaban J connectivity index is 1.37. The fraction of sp³-hybridized carbons (Fsp3) is 0.273. The molecule has 3 aliphatic rings. The lowest BCUT2D eigenvalue weighted by molar-refractivity contribution is 0.590. The largest absolute Gasteiger partial charge is 0.376 e. The van der Waals surface area contributed by atoms with E-state index in [0.29, 0.717) is 0 Å². The van der Waals surface area contributed by atoms with Crippen molar-refractivity contribution in [2.24, 2.45) is 0 Å². The average molecular weight is 755 g/mol. The number of fused-ring (bicyclic) bond motifs is 10. The summed E-state index contributed by atoms with van der Waals surface area (Å²) in [6, 6.07) is 51.8. The van der Waals surface area contributed by atoms with Crippen molar-refractivity contribution in [1.29, 1.82) is 0 Å². The highest BCUT2D eigenvalue weighted by Gasteiger charge is 2.49. The molecule has 2 nitrogen and oxygen atoms in total. The lowest BCUT2D eigenvalue weighted by Crippen LogP contribution is -2.62. The third-order valence-corrected chi connectivity index (χ3v) is 13.5. The molecule has 10 rings (SSSR count). The van der Waals surface area contributed by atoms with E-state index in [0.717, 1.165) is 0 Å². The Bertz CT molecular complexity index is 2800. The summed E-state index contributed by atoms with van der Waals surface area (Å²) in [5, 5.41) is 2.54. The van der Waals surface area contributed by atoms with Gasteiger partial charge in [0.25, 0.3) is 0 Å². The van der Waals surface area contributed by atoms with Crippen molar-refractivity contribution >= 4 is 57.0 Å². The fourth-order valence-corrected chi connectivity index (χ4v) is 10.3. The first-order valence-electron chi connectivity index (χ1n) is 21.2. The average Bonchev–Trinajstić information content (AvgIpc) is 3.42. The van der Waals surface area contributed by atoms with Crippen LogP contribution in [0.4, 0.5) is 28.4 Å². The van der Waals surface area contributed by atoms with Crippen LogP contribution >= 0.6 is 0 Å². The lowest BCUT2D eigenvalue weighted by atomic mass is 9.42. The summed E-state index contributed by atoms with van der Waals surface area (Å²) >= 11 is 0. The maximum atomic E-state index is 2.75. The Morgan fingerprint density at radius 2 is 1.05 bits per heavy atom. The molecule has 1 aliphatic carbocycles. The van der Waals surface area contributed by atoms with Gasteiger partial charge in [0.05, 0.1) is 5.69 Å². The number of benzene rings is 7. The first-order chi connectivity index (χ1) is 27.4. The van der Waals surface area contributed by atoms with Gasteiger partial charge in [-0.05, 0) is 113 Å². The molecule has 0 spiro atoms. The van der Waals surface area contributed by atoms with Crippen LogP contribution in [0.15, 0.2) is 133 Å². The molecule has 0 aromatic heterocycles. The Morgan fingerprint density at radius 3 is 1.71 bits per heavy atom. The quantitative estimate of drug-likeness (QED) is 0.162. The van der Waals surface area contributed by atoms with Gasteiger partial charge in [-0.3, -0.25) is 0 Å². The van der Waals surface area contributed by atoms with Crippen LogP contribution in [0.5, 0.6) is 0 Å². The van der Waals surface area contributed by atoms with Crippen LogP contribution in [-0.2, 0) is 21.7 Å². The third kappa shape index (κ3) is 5.31. The molecule has 3 heteroatoms. The van der Waals surface area contributed by atoms with Crippen molar-refractivity contribution in [2.45, 2.75) is 97.8 Å². The zero-order chi connectivity index (χ0) is 40.7. The SMILES string of the molecule is CC(C)(C)c1ccc(N2B3c4cc(C(C)(C)C)ccc4N(c4ccc(C(C)(C)C)cc4)c4c3c(cc3ccccc43)-c3ccc4c(c32)C(C)(C)c2ccccc2-4)cc1. The molecular formula is C55H55BN2. The van der Waals surface area contributed by atoms with Gasteiger partial charge >= 0.3 is 6.85 Å². The highest BCUT2D eigenvalue weighted by atomic mass is 15.2. The summed E-state index contributed by atoms with van der Waals surface area (Å²) in [7, 11) is 0. The molecule has 2 aliphatic heterocycles. The molecule has 58 heavy (non-hydrogen) atoms. The number of rotatable bonds is 2. The lowest BCUT2D eigenvalue weighted by Gasteiger charge is -2.48. The smallest absolute Gasteiger partial charge is 0.333 e. The van der Waals surface area contributed by atoms with Crippen molar-refractivity contribution in [3.63, 3.8) is 0 Å². The van der Waals surface area contributed by atoms with E-state index < -0.39 is 0 Å². The van der Waals surface area contributed by atoms with E-state index in [9.17, 15) is 0 Å². The van der Waals surface area contributed by atoms with Crippen molar-refractivity contribution in [3.8, 4) is 22.3 Å². The standard InChI is InChI=1S/C55H55BN2/c1-52(2,3)35-20-25-38(26-21-35)57-47-31-24-37(54(7,8)9)33-46(47)56-49-44(32-34-16-12-13-17-40(34)51(49)57)43-30-29-42-41-18-14-15-19-45(41)55(10,11)48(42)50(43)58(56)39-27-22-36(23-28-39)53(4,5)6/h12-33H,1-11H3. The zero-order valence-electron chi connectivity index (χ0n) is 36.2. The maximum absolute atomic E-state index is 2.75. The van der Waals surface area contributed by atoms with Crippen LogP contribution in [-0.4, -0.2) is 6.85 Å². The van der Waals surface area contributed by atoms with Crippen molar-refractivity contribution < 1.29 is 0 Å².